The molecule has 1 fully saturated rings. The van der Waals surface area contributed by atoms with E-state index in [1.165, 1.54) is 11.4 Å². The number of rotatable bonds is 3. The van der Waals surface area contributed by atoms with Gasteiger partial charge in [0.15, 0.2) is 0 Å². The van der Waals surface area contributed by atoms with Crippen LogP contribution in [0.5, 0.6) is 0 Å². The Kier molecular flexibility index (Phi) is 4.28. The highest BCUT2D eigenvalue weighted by atomic mass is 32.2. The number of hydrogen-bond acceptors (Lipinski definition) is 5. The number of hydrogen-bond donors (Lipinski definition) is 1. The van der Waals surface area contributed by atoms with E-state index in [0.717, 1.165) is 6.26 Å². The highest BCUT2D eigenvalue weighted by Gasteiger charge is 2.32. The van der Waals surface area contributed by atoms with E-state index in [0.29, 0.717) is 25.8 Å². The summed E-state index contributed by atoms with van der Waals surface area (Å²) >= 11 is 0. The molecule has 0 amide bonds. The number of ether oxygens (including phenoxy) is 1. The third-order valence-electron chi connectivity index (χ3n) is 2.81. The molecule has 2 N–H and O–H groups in total. The SMILES string of the molecule is COC(=O)CC1CCN(S(C)(=O)=O)C(N)C1. The predicted octanol–water partition coefficient (Wildman–Crippen LogP) is -0.494. The lowest BCUT2D eigenvalue weighted by Crippen LogP contribution is -2.50. The van der Waals surface area contributed by atoms with Crippen LogP contribution in [-0.4, -0.2) is 44.8 Å². The summed E-state index contributed by atoms with van der Waals surface area (Å²) in [5.74, 6) is -0.162. The Morgan fingerprint density at radius 3 is 2.62 bits per heavy atom. The minimum Gasteiger partial charge on any atom is -0.469 e. The van der Waals surface area contributed by atoms with Crippen molar-refractivity contribution in [2.45, 2.75) is 25.4 Å². The van der Waals surface area contributed by atoms with Gasteiger partial charge < -0.3 is 10.5 Å². The molecule has 0 spiro atoms. The average Bonchev–Trinajstić information content (AvgIpc) is 2.15. The molecule has 0 saturated carbocycles. The van der Waals surface area contributed by atoms with Crippen molar-refractivity contribution in [2.24, 2.45) is 11.7 Å². The van der Waals surface area contributed by atoms with Crippen LogP contribution in [-0.2, 0) is 19.6 Å². The highest BCUT2D eigenvalue weighted by molar-refractivity contribution is 7.88. The minimum absolute atomic E-state index is 0.112. The maximum atomic E-state index is 11.3. The smallest absolute Gasteiger partial charge is 0.305 e. The van der Waals surface area contributed by atoms with Crippen LogP contribution < -0.4 is 5.73 Å². The summed E-state index contributed by atoms with van der Waals surface area (Å²) in [6, 6.07) is 0. The van der Waals surface area contributed by atoms with Crippen molar-refractivity contribution >= 4 is 16.0 Å². The number of nitrogens with zero attached hydrogens (tertiary/aromatic N) is 1. The maximum Gasteiger partial charge on any atom is 0.305 e. The number of methoxy groups -OCH3 is 1. The molecule has 94 valence electrons. The monoisotopic (exact) mass is 250 g/mol. The molecular formula is C9H18N2O4S. The van der Waals surface area contributed by atoms with Crippen LogP contribution in [0.2, 0.25) is 0 Å². The number of carbonyl (C=O) groups is 1. The first-order chi connectivity index (χ1) is 7.34. The molecule has 1 aliphatic heterocycles. The number of esters is 1. The van der Waals surface area contributed by atoms with Gasteiger partial charge in [0.05, 0.1) is 19.5 Å². The van der Waals surface area contributed by atoms with E-state index in [4.69, 9.17) is 5.73 Å². The van der Waals surface area contributed by atoms with E-state index >= 15 is 0 Å². The van der Waals surface area contributed by atoms with E-state index in [2.05, 4.69) is 4.74 Å². The molecule has 0 aromatic heterocycles. The Bertz CT molecular complexity index is 355. The molecule has 2 atom stereocenters. The Morgan fingerprint density at radius 2 is 2.19 bits per heavy atom. The first-order valence-electron chi connectivity index (χ1n) is 5.13. The zero-order valence-electron chi connectivity index (χ0n) is 9.55. The van der Waals surface area contributed by atoms with Gasteiger partial charge in [0.1, 0.15) is 0 Å². The molecule has 0 aromatic rings. The van der Waals surface area contributed by atoms with Crippen molar-refractivity contribution in [3.63, 3.8) is 0 Å². The summed E-state index contributed by atoms with van der Waals surface area (Å²) in [4.78, 5) is 11.1. The third kappa shape index (κ3) is 3.43. The lowest BCUT2D eigenvalue weighted by molar-refractivity contribution is -0.142. The van der Waals surface area contributed by atoms with Crippen molar-refractivity contribution in [3.8, 4) is 0 Å². The predicted molar refractivity (Wildman–Crippen MR) is 58.9 cm³/mol. The van der Waals surface area contributed by atoms with E-state index < -0.39 is 16.2 Å². The van der Waals surface area contributed by atoms with Gasteiger partial charge in [-0.3, -0.25) is 4.79 Å². The van der Waals surface area contributed by atoms with Crippen LogP contribution in [0.1, 0.15) is 19.3 Å². The summed E-state index contributed by atoms with van der Waals surface area (Å²) in [5.41, 5.74) is 5.77. The van der Waals surface area contributed by atoms with E-state index in [9.17, 15) is 13.2 Å². The maximum absolute atomic E-state index is 11.3. The number of sulfonamides is 1. The molecule has 7 heteroatoms. The molecule has 16 heavy (non-hydrogen) atoms. The Balaban J connectivity index is 2.55. The number of nitrogens with two attached hydrogens (primary N) is 1. The van der Waals surface area contributed by atoms with Crippen LogP contribution >= 0.6 is 0 Å². The van der Waals surface area contributed by atoms with Gasteiger partial charge in [-0.1, -0.05) is 0 Å². The van der Waals surface area contributed by atoms with Gasteiger partial charge in [-0.2, -0.15) is 4.31 Å². The Hall–Kier alpha value is -0.660. The first-order valence-corrected chi connectivity index (χ1v) is 6.98. The second-order valence-electron chi connectivity index (χ2n) is 4.11. The van der Waals surface area contributed by atoms with Gasteiger partial charge >= 0.3 is 5.97 Å². The molecule has 0 aromatic carbocycles. The second-order valence-corrected chi connectivity index (χ2v) is 6.05. The van der Waals surface area contributed by atoms with Crippen LogP contribution in [0, 0.1) is 5.92 Å². The Labute approximate surface area is 95.8 Å². The highest BCUT2D eigenvalue weighted by Crippen LogP contribution is 2.25. The van der Waals surface area contributed by atoms with Crippen molar-refractivity contribution in [3.05, 3.63) is 0 Å². The van der Waals surface area contributed by atoms with Gasteiger partial charge in [-0.05, 0) is 18.8 Å². The molecule has 0 aliphatic carbocycles. The second kappa shape index (κ2) is 5.11. The number of piperidine rings is 1. The van der Waals surface area contributed by atoms with E-state index in [-0.39, 0.29) is 11.9 Å². The molecule has 1 aliphatic rings. The summed E-state index contributed by atoms with van der Waals surface area (Å²) in [6.07, 6.45) is 2.08. The van der Waals surface area contributed by atoms with Gasteiger partial charge in [0, 0.05) is 13.0 Å². The largest absolute Gasteiger partial charge is 0.469 e. The standard InChI is InChI=1S/C9H18N2O4S/c1-15-9(12)6-7-3-4-11(8(10)5-7)16(2,13)14/h7-8H,3-6,10H2,1-2H3. The summed E-state index contributed by atoms with van der Waals surface area (Å²) in [7, 11) is -1.90. The first kappa shape index (κ1) is 13.4. The third-order valence-corrected chi connectivity index (χ3v) is 4.12. The summed E-state index contributed by atoms with van der Waals surface area (Å²) in [6.45, 7) is 0.377. The van der Waals surface area contributed by atoms with Gasteiger partial charge in [-0.25, -0.2) is 8.42 Å². The zero-order valence-corrected chi connectivity index (χ0v) is 10.4. The van der Waals surface area contributed by atoms with Crippen LogP contribution in [0.15, 0.2) is 0 Å². The number of carbonyl (C=O) groups excluding carboxylic acids is 1. The van der Waals surface area contributed by atoms with Gasteiger partial charge in [0.25, 0.3) is 0 Å². The van der Waals surface area contributed by atoms with E-state index in [1.54, 1.807) is 0 Å². The zero-order chi connectivity index (χ0) is 12.3. The van der Waals surface area contributed by atoms with E-state index in [1.807, 2.05) is 0 Å². The Morgan fingerprint density at radius 1 is 1.56 bits per heavy atom. The molecule has 1 saturated heterocycles. The normalized spacial score (nSPS) is 27.7. The average molecular weight is 250 g/mol. The fourth-order valence-electron chi connectivity index (χ4n) is 1.97. The van der Waals surface area contributed by atoms with Gasteiger partial charge in [0.2, 0.25) is 10.0 Å². The van der Waals surface area contributed by atoms with Crippen molar-refractivity contribution in [2.75, 3.05) is 19.9 Å². The fraction of sp³-hybridized carbons (Fsp3) is 0.889. The van der Waals surface area contributed by atoms with Crippen LogP contribution in [0.3, 0.4) is 0 Å². The van der Waals surface area contributed by atoms with Gasteiger partial charge in [-0.15, -0.1) is 0 Å². The molecule has 1 heterocycles. The van der Waals surface area contributed by atoms with Crippen LogP contribution in [0.4, 0.5) is 0 Å². The van der Waals surface area contributed by atoms with Crippen molar-refractivity contribution < 1.29 is 17.9 Å². The molecule has 2 unspecified atom stereocenters. The molecule has 0 radical (unpaired) electrons. The topological polar surface area (TPSA) is 89.7 Å². The van der Waals surface area contributed by atoms with Crippen molar-refractivity contribution in [1.29, 1.82) is 0 Å². The van der Waals surface area contributed by atoms with Crippen molar-refractivity contribution in [1.82, 2.24) is 4.31 Å². The fourth-order valence-corrected chi connectivity index (χ4v) is 2.98. The minimum atomic E-state index is -3.24. The lowest BCUT2D eigenvalue weighted by Gasteiger charge is -2.35. The molecule has 1 rings (SSSR count). The summed E-state index contributed by atoms with van der Waals surface area (Å²) < 4.78 is 28.5. The lowest BCUT2D eigenvalue weighted by atomic mass is 9.93. The summed E-state index contributed by atoms with van der Waals surface area (Å²) in [5, 5.41) is 0. The quantitative estimate of drug-likeness (QED) is 0.682. The molecule has 0 bridgehead atoms. The molecule has 6 nitrogen and oxygen atoms in total. The van der Waals surface area contributed by atoms with Crippen LogP contribution in [0.25, 0.3) is 0 Å². The molecular weight excluding hydrogens is 232 g/mol.